The first kappa shape index (κ1) is 15.7. The third kappa shape index (κ3) is 10.2. The molecular weight excluding hydrogens is 226 g/mol. The highest BCUT2D eigenvalue weighted by molar-refractivity contribution is 6.20. The van der Waals surface area contributed by atoms with Gasteiger partial charge in [0.15, 0.2) is 0 Å². The molecule has 0 bridgehead atoms. The molecule has 0 heterocycles. The van der Waals surface area contributed by atoms with Crippen LogP contribution in [0.3, 0.4) is 0 Å². The number of methoxy groups -OCH3 is 1. The second kappa shape index (κ2) is 11.2. The fraction of sp³-hybridized carbons (Fsp3) is 0.917. The summed E-state index contributed by atoms with van der Waals surface area (Å²) in [5.74, 6) is 0.136. The molecule has 16 heavy (non-hydrogen) atoms. The molecule has 1 amide bonds. The molecule has 0 radical (unpaired) electrons. The smallest absolute Gasteiger partial charge is 0.219 e. The van der Waals surface area contributed by atoms with E-state index in [-0.39, 0.29) is 11.3 Å². The first-order valence-corrected chi connectivity index (χ1v) is 6.54. The Kier molecular flexibility index (Phi) is 11.0. The Morgan fingerprint density at radius 1 is 1.38 bits per heavy atom. The predicted octanol–water partition coefficient (Wildman–Crippen LogP) is 2.72. The molecule has 0 spiro atoms. The number of alkyl halides is 1. The maximum atomic E-state index is 11.4. The number of carbonyl (C=O) groups excluding carboxylic acids is 1. The average molecular weight is 250 g/mol. The van der Waals surface area contributed by atoms with Crippen molar-refractivity contribution < 1.29 is 9.53 Å². The maximum absolute atomic E-state index is 11.4. The highest BCUT2D eigenvalue weighted by atomic mass is 35.5. The monoisotopic (exact) mass is 249 g/mol. The van der Waals surface area contributed by atoms with Crippen LogP contribution in [0.4, 0.5) is 0 Å². The summed E-state index contributed by atoms with van der Waals surface area (Å²) in [6, 6.07) is 0. The van der Waals surface area contributed by atoms with Crippen LogP contribution in [0.15, 0.2) is 0 Å². The van der Waals surface area contributed by atoms with Crippen molar-refractivity contribution in [3.05, 3.63) is 0 Å². The van der Waals surface area contributed by atoms with E-state index in [4.69, 9.17) is 16.3 Å². The van der Waals surface area contributed by atoms with Crippen LogP contribution in [0.1, 0.15) is 45.4 Å². The van der Waals surface area contributed by atoms with E-state index in [1.54, 1.807) is 7.11 Å². The minimum Gasteiger partial charge on any atom is -0.383 e. The number of halogens is 1. The highest BCUT2D eigenvalue weighted by Crippen LogP contribution is 2.03. The lowest BCUT2D eigenvalue weighted by Gasteiger charge is -2.09. The van der Waals surface area contributed by atoms with Gasteiger partial charge in [-0.1, -0.05) is 26.2 Å². The van der Waals surface area contributed by atoms with Crippen LogP contribution in [0.5, 0.6) is 0 Å². The lowest BCUT2D eigenvalue weighted by molar-refractivity contribution is -0.121. The minimum atomic E-state index is -0.00890. The van der Waals surface area contributed by atoms with Gasteiger partial charge in [-0.3, -0.25) is 4.79 Å². The number of hydrogen-bond acceptors (Lipinski definition) is 2. The Labute approximate surface area is 104 Å². The zero-order valence-electron chi connectivity index (χ0n) is 10.4. The van der Waals surface area contributed by atoms with Crippen molar-refractivity contribution in [1.82, 2.24) is 5.32 Å². The van der Waals surface area contributed by atoms with E-state index in [2.05, 4.69) is 12.2 Å². The van der Waals surface area contributed by atoms with E-state index < -0.39 is 0 Å². The van der Waals surface area contributed by atoms with Gasteiger partial charge in [-0.15, -0.1) is 11.6 Å². The summed E-state index contributed by atoms with van der Waals surface area (Å²) in [5.41, 5.74) is 0. The second-order valence-corrected chi connectivity index (χ2v) is 4.62. The molecular formula is C12H24ClNO2. The normalized spacial score (nSPS) is 12.4. The van der Waals surface area contributed by atoms with Gasteiger partial charge in [0.25, 0.3) is 0 Å². The summed E-state index contributed by atoms with van der Waals surface area (Å²) in [4.78, 5) is 11.4. The Balaban J connectivity index is 3.29. The Hall–Kier alpha value is -0.280. The van der Waals surface area contributed by atoms with Gasteiger partial charge in [-0.25, -0.2) is 0 Å². The number of nitrogens with one attached hydrogen (secondary N) is 1. The van der Waals surface area contributed by atoms with Gasteiger partial charge in [0, 0.05) is 20.1 Å². The first-order chi connectivity index (χ1) is 7.70. The van der Waals surface area contributed by atoms with E-state index in [0.29, 0.717) is 19.6 Å². The molecule has 1 unspecified atom stereocenters. The van der Waals surface area contributed by atoms with Crippen molar-refractivity contribution in [3.63, 3.8) is 0 Å². The van der Waals surface area contributed by atoms with Crippen LogP contribution in [-0.2, 0) is 9.53 Å². The summed E-state index contributed by atoms with van der Waals surface area (Å²) >= 11 is 5.93. The quantitative estimate of drug-likeness (QED) is 0.478. The lowest BCUT2D eigenvalue weighted by Crippen LogP contribution is -2.26. The number of ether oxygens (including phenoxy) is 1. The van der Waals surface area contributed by atoms with Gasteiger partial charge >= 0.3 is 0 Å². The van der Waals surface area contributed by atoms with Gasteiger partial charge in [0.1, 0.15) is 0 Å². The third-order valence-electron chi connectivity index (χ3n) is 2.38. The van der Waals surface area contributed by atoms with E-state index in [0.717, 1.165) is 19.3 Å². The molecule has 3 nitrogen and oxygen atoms in total. The van der Waals surface area contributed by atoms with Gasteiger partial charge in [0.2, 0.25) is 5.91 Å². The topological polar surface area (TPSA) is 38.3 Å². The molecule has 96 valence electrons. The van der Waals surface area contributed by atoms with E-state index in [1.807, 2.05) is 0 Å². The third-order valence-corrected chi connectivity index (χ3v) is 2.73. The van der Waals surface area contributed by atoms with Gasteiger partial charge in [0.05, 0.1) is 12.0 Å². The summed E-state index contributed by atoms with van der Waals surface area (Å²) in [6.07, 6.45) is 5.94. The van der Waals surface area contributed by atoms with E-state index >= 15 is 0 Å². The lowest BCUT2D eigenvalue weighted by atomic mass is 10.1. The average Bonchev–Trinajstić information content (AvgIpc) is 2.25. The van der Waals surface area contributed by atoms with E-state index in [9.17, 15) is 4.79 Å². The Morgan fingerprint density at radius 2 is 2.12 bits per heavy atom. The SMILES string of the molecule is CCCCCCC(=O)NCCC(Cl)COC. The number of rotatable bonds is 10. The van der Waals surface area contributed by atoms with Crippen molar-refractivity contribution in [2.45, 2.75) is 50.8 Å². The minimum absolute atomic E-state index is 0.00890. The number of amides is 1. The molecule has 0 aromatic rings. The molecule has 0 rings (SSSR count). The molecule has 0 aliphatic carbocycles. The van der Waals surface area contributed by atoms with Crippen LogP contribution in [0.25, 0.3) is 0 Å². The van der Waals surface area contributed by atoms with Gasteiger partial charge in [-0.05, 0) is 12.8 Å². The largest absolute Gasteiger partial charge is 0.383 e. The summed E-state index contributed by atoms with van der Waals surface area (Å²) in [5, 5.41) is 2.86. The number of hydrogen-bond donors (Lipinski definition) is 1. The highest BCUT2D eigenvalue weighted by Gasteiger charge is 2.05. The van der Waals surface area contributed by atoms with Crippen molar-refractivity contribution in [1.29, 1.82) is 0 Å². The number of carbonyl (C=O) groups is 1. The van der Waals surface area contributed by atoms with Crippen LogP contribution in [0, 0.1) is 0 Å². The molecule has 0 aromatic carbocycles. The zero-order chi connectivity index (χ0) is 12.2. The predicted molar refractivity (Wildman–Crippen MR) is 67.9 cm³/mol. The van der Waals surface area contributed by atoms with Crippen molar-refractivity contribution in [2.75, 3.05) is 20.3 Å². The fourth-order valence-electron chi connectivity index (χ4n) is 1.43. The standard InChI is InChI=1S/C12H24ClNO2/c1-3-4-5-6-7-12(15)14-9-8-11(13)10-16-2/h11H,3-10H2,1-2H3,(H,14,15). The molecule has 0 aliphatic heterocycles. The van der Waals surface area contributed by atoms with Crippen molar-refractivity contribution >= 4 is 17.5 Å². The molecule has 0 fully saturated rings. The van der Waals surface area contributed by atoms with Crippen LogP contribution in [0.2, 0.25) is 0 Å². The molecule has 0 saturated carbocycles. The Morgan fingerprint density at radius 3 is 2.75 bits per heavy atom. The zero-order valence-corrected chi connectivity index (χ0v) is 11.2. The molecule has 0 saturated heterocycles. The van der Waals surface area contributed by atoms with Crippen LogP contribution in [-0.4, -0.2) is 31.5 Å². The van der Waals surface area contributed by atoms with Crippen molar-refractivity contribution in [3.8, 4) is 0 Å². The molecule has 0 aromatic heterocycles. The van der Waals surface area contributed by atoms with E-state index in [1.165, 1.54) is 12.8 Å². The first-order valence-electron chi connectivity index (χ1n) is 6.10. The van der Waals surface area contributed by atoms with Crippen LogP contribution >= 0.6 is 11.6 Å². The summed E-state index contributed by atoms with van der Waals surface area (Å²) < 4.78 is 4.91. The van der Waals surface area contributed by atoms with Gasteiger partial charge in [-0.2, -0.15) is 0 Å². The molecule has 1 N–H and O–H groups in total. The van der Waals surface area contributed by atoms with Crippen molar-refractivity contribution in [2.24, 2.45) is 0 Å². The van der Waals surface area contributed by atoms with Crippen LogP contribution < -0.4 is 5.32 Å². The summed E-state index contributed by atoms with van der Waals surface area (Å²) in [7, 11) is 1.63. The molecule has 1 atom stereocenters. The second-order valence-electron chi connectivity index (χ2n) is 4.00. The maximum Gasteiger partial charge on any atom is 0.219 e. The Bertz CT molecular complexity index is 176. The van der Waals surface area contributed by atoms with Gasteiger partial charge < -0.3 is 10.1 Å². The molecule has 0 aliphatic rings. The molecule has 4 heteroatoms. The fourth-order valence-corrected chi connectivity index (χ4v) is 1.67. The number of unbranched alkanes of at least 4 members (excludes halogenated alkanes) is 3. The summed E-state index contributed by atoms with van der Waals surface area (Å²) in [6.45, 7) is 3.34.